The minimum Gasteiger partial charge on any atom is -0.339 e. The summed E-state index contributed by atoms with van der Waals surface area (Å²) in [6.45, 7) is 1.98. The van der Waals surface area contributed by atoms with Crippen molar-refractivity contribution in [2.24, 2.45) is 0 Å². The van der Waals surface area contributed by atoms with Crippen LogP contribution in [0.15, 0.2) is 65.5 Å². The van der Waals surface area contributed by atoms with E-state index in [0.29, 0.717) is 5.82 Å². The van der Waals surface area contributed by atoms with Crippen LogP contribution in [0.3, 0.4) is 0 Å². The monoisotopic (exact) mass is 379 g/mol. The van der Waals surface area contributed by atoms with E-state index in [1.54, 1.807) is 12.4 Å². The molecule has 0 atom stereocenters. The summed E-state index contributed by atoms with van der Waals surface area (Å²) >= 11 is 3.43. The zero-order valence-electron chi connectivity index (χ0n) is 12.9. The Morgan fingerprint density at radius 1 is 1.00 bits per heavy atom. The van der Waals surface area contributed by atoms with Gasteiger partial charge in [0, 0.05) is 16.4 Å². The van der Waals surface area contributed by atoms with E-state index < -0.39 is 0 Å². The SMILES string of the molecule is Cc1nc2ccccn2c1-c1cncc(Nc2ccc(Br)cc2)n1. The Morgan fingerprint density at radius 2 is 1.83 bits per heavy atom. The summed E-state index contributed by atoms with van der Waals surface area (Å²) in [5, 5.41) is 3.28. The van der Waals surface area contributed by atoms with Gasteiger partial charge in [-0.2, -0.15) is 0 Å². The molecule has 5 nitrogen and oxygen atoms in total. The highest BCUT2D eigenvalue weighted by atomic mass is 79.9. The lowest BCUT2D eigenvalue weighted by atomic mass is 10.2. The Morgan fingerprint density at radius 3 is 2.67 bits per heavy atom. The molecule has 0 spiro atoms. The molecule has 0 bridgehead atoms. The van der Waals surface area contributed by atoms with Crippen molar-refractivity contribution in [1.82, 2.24) is 19.4 Å². The molecule has 0 aliphatic heterocycles. The number of anilines is 2. The van der Waals surface area contributed by atoms with Crippen LogP contribution in [0.4, 0.5) is 11.5 Å². The van der Waals surface area contributed by atoms with Crippen LogP contribution in [-0.2, 0) is 0 Å². The lowest BCUT2D eigenvalue weighted by Crippen LogP contribution is -1.98. The summed E-state index contributed by atoms with van der Waals surface area (Å²) in [6, 6.07) is 13.9. The third-order valence-corrected chi connectivity index (χ3v) is 4.23. The maximum absolute atomic E-state index is 4.70. The van der Waals surface area contributed by atoms with E-state index in [0.717, 1.165) is 32.9 Å². The molecule has 0 saturated heterocycles. The topological polar surface area (TPSA) is 55.1 Å². The normalized spacial score (nSPS) is 10.9. The van der Waals surface area contributed by atoms with E-state index in [4.69, 9.17) is 4.98 Å². The van der Waals surface area contributed by atoms with Crippen molar-refractivity contribution in [2.75, 3.05) is 5.32 Å². The Labute approximate surface area is 147 Å². The molecule has 3 aromatic heterocycles. The first kappa shape index (κ1) is 14.8. The van der Waals surface area contributed by atoms with Crippen molar-refractivity contribution in [2.45, 2.75) is 6.92 Å². The summed E-state index contributed by atoms with van der Waals surface area (Å²) in [7, 11) is 0. The fraction of sp³-hybridized carbons (Fsp3) is 0.0556. The number of aromatic nitrogens is 4. The molecule has 0 saturated carbocycles. The molecule has 1 aromatic carbocycles. The van der Waals surface area contributed by atoms with E-state index in [2.05, 4.69) is 31.2 Å². The summed E-state index contributed by atoms with van der Waals surface area (Å²) in [6.07, 6.45) is 5.46. The number of hydrogen-bond donors (Lipinski definition) is 1. The number of hydrogen-bond acceptors (Lipinski definition) is 4. The third kappa shape index (κ3) is 2.76. The first-order valence-electron chi connectivity index (χ1n) is 7.49. The predicted molar refractivity (Wildman–Crippen MR) is 98.4 cm³/mol. The second kappa shape index (κ2) is 6.05. The number of fused-ring (bicyclic) bond motifs is 1. The van der Waals surface area contributed by atoms with Gasteiger partial charge < -0.3 is 5.32 Å². The largest absolute Gasteiger partial charge is 0.339 e. The number of nitrogens with zero attached hydrogens (tertiary/aromatic N) is 4. The third-order valence-electron chi connectivity index (χ3n) is 3.70. The van der Waals surface area contributed by atoms with Gasteiger partial charge in [-0.05, 0) is 43.3 Å². The van der Waals surface area contributed by atoms with Crippen LogP contribution in [0.25, 0.3) is 17.0 Å². The van der Waals surface area contributed by atoms with Gasteiger partial charge in [0.1, 0.15) is 17.2 Å². The van der Waals surface area contributed by atoms with Crippen molar-refractivity contribution in [3.63, 3.8) is 0 Å². The second-order valence-electron chi connectivity index (χ2n) is 5.40. The lowest BCUT2D eigenvalue weighted by Gasteiger charge is -2.08. The summed E-state index contributed by atoms with van der Waals surface area (Å²) < 4.78 is 3.07. The molecular formula is C18H14BrN5. The number of aryl methyl sites for hydroxylation is 1. The molecule has 0 aliphatic rings. The first-order chi connectivity index (χ1) is 11.7. The van der Waals surface area contributed by atoms with Crippen LogP contribution in [0.1, 0.15) is 5.69 Å². The molecule has 0 fully saturated rings. The summed E-state index contributed by atoms with van der Waals surface area (Å²) in [4.78, 5) is 13.6. The van der Waals surface area contributed by atoms with Crippen LogP contribution >= 0.6 is 15.9 Å². The van der Waals surface area contributed by atoms with Gasteiger partial charge in [0.2, 0.25) is 0 Å². The Balaban J connectivity index is 1.74. The Kier molecular flexibility index (Phi) is 3.74. The van der Waals surface area contributed by atoms with Crippen molar-refractivity contribution in [3.8, 4) is 11.4 Å². The van der Waals surface area contributed by atoms with Crippen LogP contribution in [0.2, 0.25) is 0 Å². The molecule has 0 aliphatic carbocycles. The van der Waals surface area contributed by atoms with Gasteiger partial charge in [0.05, 0.1) is 23.8 Å². The minimum absolute atomic E-state index is 0.695. The summed E-state index contributed by atoms with van der Waals surface area (Å²) in [5.74, 6) is 0.695. The first-order valence-corrected chi connectivity index (χ1v) is 8.29. The molecular weight excluding hydrogens is 366 g/mol. The molecule has 6 heteroatoms. The van der Waals surface area contributed by atoms with Gasteiger partial charge in [-0.3, -0.25) is 9.38 Å². The quantitative estimate of drug-likeness (QED) is 0.564. The standard InChI is InChI=1S/C18H14BrN5/c1-12-18(24-9-3-2-4-17(24)21-12)15-10-20-11-16(23-15)22-14-7-5-13(19)6-8-14/h2-11H,1H3,(H,22,23). The van der Waals surface area contributed by atoms with Gasteiger partial charge >= 0.3 is 0 Å². The predicted octanol–water partition coefficient (Wildman–Crippen LogP) is 4.61. The molecule has 0 unspecified atom stereocenters. The van der Waals surface area contributed by atoms with Crippen LogP contribution in [0.5, 0.6) is 0 Å². The van der Waals surface area contributed by atoms with Crippen molar-refractivity contribution in [1.29, 1.82) is 0 Å². The fourth-order valence-corrected chi connectivity index (χ4v) is 2.91. The molecule has 0 amide bonds. The van der Waals surface area contributed by atoms with Crippen molar-refractivity contribution < 1.29 is 0 Å². The van der Waals surface area contributed by atoms with E-state index in [-0.39, 0.29) is 0 Å². The Hall–Kier alpha value is -2.73. The van der Waals surface area contributed by atoms with Crippen LogP contribution in [0, 0.1) is 6.92 Å². The fourth-order valence-electron chi connectivity index (χ4n) is 2.64. The van der Waals surface area contributed by atoms with Gasteiger partial charge in [-0.25, -0.2) is 9.97 Å². The van der Waals surface area contributed by atoms with Gasteiger partial charge in [0.15, 0.2) is 0 Å². The van der Waals surface area contributed by atoms with E-state index >= 15 is 0 Å². The molecule has 1 N–H and O–H groups in total. The molecule has 118 valence electrons. The molecule has 4 aromatic rings. The molecule has 0 radical (unpaired) electrons. The number of rotatable bonds is 3. The highest BCUT2D eigenvalue weighted by molar-refractivity contribution is 9.10. The minimum atomic E-state index is 0.695. The second-order valence-corrected chi connectivity index (χ2v) is 6.31. The van der Waals surface area contributed by atoms with Gasteiger partial charge in [-0.1, -0.05) is 22.0 Å². The van der Waals surface area contributed by atoms with E-state index in [9.17, 15) is 0 Å². The average molecular weight is 380 g/mol. The maximum Gasteiger partial charge on any atom is 0.149 e. The number of pyridine rings is 1. The maximum atomic E-state index is 4.70. The van der Waals surface area contributed by atoms with E-state index in [1.165, 1.54) is 0 Å². The van der Waals surface area contributed by atoms with Crippen LogP contribution < -0.4 is 5.32 Å². The average Bonchev–Trinajstić information content (AvgIpc) is 2.93. The molecule has 24 heavy (non-hydrogen) atoms. The molecule has 3 heterocycles. The van der Waals surface area contributed by atoms with E-state index in [1.807, 2.05) is 60.0 Å². The number of halogens is 1. The highest BCUT2D eigenvalue weighted by Gasteiger charge is 2.12. The smallest absolute Gasteiger partial charge is 0.149 e. The molecule has 4 rings (SSSR count). The highest BCUT2D eigenvalue weighted by Crippen LogP contribution is 2.24. The Bertz CT molecular complexity index is 1010. The summed E-state index contributed by atoms with van der Waals surface area (Å²) in [5.41, 5.74) is 4.53. The number of nitrogens with one attached hydrogen (secondary N) is 1. The van der Waals surface area contributed by atoms with Gasteiger partial charge in [0.25, 0.3) is 0 Å². The number of imidazole rings is 1. The zero-order valence-corrected chi connectivity index (χ0v) is 14.5. The number of benzene rings is 1. The van der Waals surface area contributed by atoms with Gasteiger partial charge in [-0.15, -0.1) is 0 Å². The van der Waals surface area contributed by atoms with Crippen LogP contribution in [-0.4, -0.2) is 19.4 Å². The van der Waals surface area contributed by atoms with Crippen molar-refractivity contribution >= 4 is 33.1 Å². The van der Waals surface area contributed by atoms with Crippen molar-refractivity contribution in [3.05, 3.63) is 71.2 Å². The lowest BCUT2D eigenvalue weighted by molar-refractivity contribution is 1.13. The zero-order chi connectivity index (χ0) is 16.5.